The molecule has 0 aliphatic heterocycles. The fourth-order valence-electron chi connectivity index (χ4n) is 4.78. The number of nitrogens with one attached hydrogen (secondary N) is 2. The molecular formula is C32H29F6N3O5. The number of urea groups is 1. The Kier molecular flexibility index (Phi) is 10.4. The van der Waals surface area contributed by atoms with Gasteiger partial charge in [-0.1, -0.05) is 30.3 Å². The van der Waals surface area contributed by atoms with E-state index in [-0.39, 0.29) is 18.2 Å². The third-order valence-corrected chi connectivity index (χ3v) is 7.22. The van der Waals surface area contributed by atoms with E-state index < -0.39 is 59.7 Å². The number of hydrogen-bond acceptors (Lipinski definition) is 4. The first-order valence-corrected chi connectivity index (χ1v) is 14.1. The van der Waals surface area contributed by atoms with E-state index in [0.717, 1.165) is 41.7 Å². The second-order valence-electron chi connectivity index (χ2n) is 10.6. The van der Waals surface area contributed by atoms with E-state index in [1.54, 1.807) is 24.3 Å². The van der Waals surface area contributed by atoms with Gasteiger partial charge in [-0.25, -0.2) is 9.59 Å². The van der Waals surface area contributed by atoms with Crippen molar-refractivity contribution in [1.29, 1.82) is 0 Å². The van der Waals surface area contributed by atoms with E-state index in [4.69, 9.17) is 5.11 Å². The van der Waals surface area contributed by atoms with Gasteiger partial charge in [-0.3, -0.25) is 9.69 Å². The molecule has 0 heterocycles. The number of nitrogens with zero attached hydrogens (tertiary/aromatic N) is 1. The van der Waals surface area contributed by atoms with E-state index in [2.05, 4.69) is 16.7 Å². The molecule has 8 nitrogen and oxygen atoms in total. The van der Waals surface area contributed by atoms with Crippen LogP contribution in [-0.2, 0) is 23.7 Å². The maximum atomic E-state index is 13.5. The maximum absolute atomic E-state index is 13.5. The molecule has 0 fully saturated rings. The average molecular weight is 650 g/mol. The SMILES string of the molecule is O=C(NCC(O)C(=O)O)c1ccc(CN(C(=O)Nc2cc(C(F)(F)F)cc(C(F)(F)F)c2)c2ccc(C3=CCCCC3)cc2)cc1. The van der Waals surface area contributed by atoms with E-state index in [9.17, 15) is 45.8 Å². The van der Waals surface area contributed by atoms with Crippen LogP contribution in [0.25, 0.3) is 5.57 Å². The van der Waals surface area contributed by atoms with Crippen LogP contribution < -0.4 is 15.5 Å². The van der Waals surface area contributed by atoms with Gasteiger partial charge in [0.1, 0.15) is 0 Å². The number of hydrogen-bond donors (Lipinski definition) is 4. The number of aliphatic carboxylic acids is 1. The Balaban J connectivity index is 1.62. The minimum atomic E-state index is -5.11. The van der Waals surface area contributed by atoms with Gasteiger partial charge in [-0.05, 0) is 84.8 Å². The third kappa shape index (κ3) is 8.87. The van der Waals surface area contributed by atoms with Gasteiger partial charge in [-0.2, -0.15) is 26.3 Å². The number of allylic oxidation sites excluding steroid dienone is 2. The molecular weight excluding hydrogens is 620 g/mol. The van der Waals surface area contributed by atoms with Crippen molar-refractivity contribution in [3.63, 3.8) is 0 Å². The highest BCUT2D eigenvalue weighted by Crippen LogP contribution is 2.38. The zero-order valence-corrected chi connectivity index (χ0v) is 24.1. The molecule has 46 heavy (non-hydrogen) atoms. The van der Waals surface area contributed by atoms with Crippen molar-refractivity contribution in [2.75, 3.05) is 16.8 Å². The zero-order chi connectivity index (χ0) is 33.6. The lowest BCUT2D eigenvalue weighted by Crippen LogP contribution is -2.36. The van der Waals surface area contributed by atoms with Gasteiger partial charge in [0.05, 0.1) is 24.2 Å². The molecule has 0 radical (unpaired) electrons. The first kappa shape index (κ1) is 34.0. The molecule has 244 valence electrons. The molecule has 14 heteroatoms. The highest BCUT2D eigenvalue weighted by molar-refractivity contribution is 6.02. The lowest BCUT2D eigenvalue weighted by atomic mass is 9.93. The molecule has 0 aromatic heterocycles. The van der Waals surface area contributed by atoms with Gasteiger partial charge in [0.2, 0.25) is 0 Å². The highest BCUT2D eigenvalue weighted by Gasteiger charge is 2.37. The summed E-state index contributed by atoms with van der Waals surface area (Å²) in [5.74, 6) is -2.20. The Hall–Kier alpha value is -4.85. The van der Waals surface area contributed by atoms with Crippen LogP contribution in [0.4, 0.5) is 42.5 Å². The molecule has 4 N–H and O–H groups in total. The Morgan fingerprint density at radius 3 is 1.98 bits per heavy atom. The number of benzene rings is 3. The number of carbonyl (C=O) groups is 3. The molecule has 1 atom stereocenters. The van der Waals surface area contributed by atoms with Gasteiger partial charge in [0, 0.05) is 16.9 Å². The predicted molar refractivity (Wildman–Crippen MR) is 157 cm³/mol. The second-order valence-corrected chi connectivity index (χ2v) is 10.6. The summed E-state index contributed by atoms with van der Waals surface area (Å²) in [4.78, 5) is 37.7. The number of rotatable bonds is 9. The van der Waals surface area contributed by atoms with Crippen LogP contribution in [-0.4, -0.2) is 40.8 Å². The number of aliphatic hydroxyl groups excluding tert-OH is 1. The number of carboxylic acid groups (broad SMARTS) is 1. The molecule has 0 saturated carbocycles. The zero-order valence-electron chi connectivity index (χ0n) is 24.1. The summed E-state index contributed by atoms with van der Waals surface area (Å²) in [6.07, 6.45) is -6.01. The summed E-state index contributed by atoms with van der Waals surface area (Å²) in [5.41, 5.74) is -0.996. The summed E-state index contributed by atoms with van der Waals surface area (Å²) >= 11 is 0. The Bertz CT molecular complexity index is 1570. The summed E-state index contributed by atoms with van der Waals surface area (Å²) in [6, 6.07) is 12.2. The van der Waals surface area contributed by atoms with Crippen molar-refractivity contribution in [2.24, 2.45) is 0 Å². The van der Waals surface area contributed by atoms with Gasteiger partial charge >= 0.3 is 24.4 Å². The van der Waals surface area contributed by atoms with E-state index >= 15 is 0 Å². The molecule has 1 aliphatic carbocycles. The number of halogens is 6. The molecule has 3 amide bonds. The number of carboxylic acids is 1. The first-order valence-electron chi connectivity index (χ1n) is 14.1. The summed E-state index contributed by atoms with van der Waals surface area (Å²) in [5, 5.41) is 22.6. The third-order valence-electron chi connectivity index (χ3n) is 7.22. The van der Waals surface area contributed by atoms with Crippen molar-refractivity contribution in [3.8, 4) is 0 Å². The Labute approximate surface area is 259 Å². The molecule has 1 aliphatic rings. The van der Waals surface area contributed by atoms with Crippen LogP contribution in [0.2, 0.25) is 0 Å². The normalized spacial score (nSPS) is 14.2. The van der Waals surface area contributed by atoms with Gasteiger partial charge < -0.3 is 20.8 Å². The first-order chi connectivity index (χ1) is 21.6. The summed E-state index contributed by atoms with van der Waals surface area (Å²) in [7, 11) is 0. The summed E-state index contributed by atoms with van der Waals surface area (Å²) in [6.45, 7) is -0.735. The van der Waals surface area contributed by atoms with Crippen LogP contribution >= 0.6 is 0 Å². The number of anilines is 2. The smallest absolute Gasteiger partial charge is 0.416 e. The van der Waals surface area contributed by atoms with Crippen molar-refractivity contribution in [1.82, 2.24) is 5.32 Å². The standard InChI is InChI=1S/C32H29F6N3O5/c33-31(34,35)23-14-24(32(36,37)38)16-25(15-23)40-30(46)41(26-12-10-21(11-13-26)20-4-2-1-3-5-20)18-19-6-8-22(9-7-19)28(43)39-17-27(42)29(44)45/h4,6-16,27,42H,1-3,5,17-18H2,(H,39,43)(H,40,46)(H,44,45). The fourth-order valence-corrected chi connectivity index (χ4v) is 4.78. The summed E-state index contributed by atoms with van der Waals surface area (Å²) < 4.78 is 80.6. The van der Waals surface area contributed by atoms with Crippen LogP contribution in [0.1, 0.15) is 58.3 Å². The highest BCUT2D eigenvalue weighted by atomic mass is 19.4. The van der Waals surface area contributed by atoms with Crippen LogP contribution in [0, 0.1) is 0 Å². The van der Waals surface area contributed by atoms with Crippen LogP contribution in [0.3, 0.4) is 0 Å². The quantitative estimate of drug-likeness (QED) is 0.185. The minimum Gasteiger partial charge on any atom is -0.479 e. The Morgan fingerprint density at radius 2 is 1.46 bits per heavy atom. The average Bonchev–Trinajstić information content (AvgIpc) is 3.02. The van der Waals surface area contributed by atoms with Crippen LogP contribution in [0.5, 0.6) is 0 Å². The number of amides is 3. The molecule has 0 saturated heterocycles. The van der Waals surface area contributed by atoms with Gasteiger partial charge in [-0.15, -0.1) is 0 Å². The number of carbonyl (C=O) groups excluding carboxylic acids is 2. The van der Waals surface area contributed by atoms with Gasteiger partial charge in [0.25, 0.3) is 5.91 Å². The van der Waals surface area contributed by atoms with Crippen LogP contribution in [0.15, 0.2) is 72.8 Å². The number of alkyl halides is 6. The van der Waals surface area contributed by atoms with E-state index in [0.29, 0.717) is 23.4 Å². The molecule has 0 bridgehead atoms. The molecule has 4 rings (SSSR count). The second kappa shape index (κ2) is 14.1. The maximum Gasteiger partial charge on any atom is 0.416 e. The van der Waals surface area contributed by atoms with E-state index in [1.807, 2.05) is 0 Å². The fraction of sp³-hybridized carbons (Fsp3) is 0.281. The predicted octanol–water partition coefficient (Wildman–Crippen LogP) is 7.10. The Morgan fingerprint density at radius 1 is 0.848 bits per heavy atom. The molecule has 1 unspecified atom stereocenters. The van der Waals surface area contributed by atoms with Crippen molar-refractivity contribution in [2.45, 2.75) is 50.7 Å². The number of aliphatic hydroxyl groups is 1. The topological polar surface area (TPSA) is 119 Å². The lowest BCUT2D eigenvalue weighted by molar-refractivity contribution is -0.146. The molecule has 0 spiro atoms. The van der Waals surface area contributed by atoms with Crippen molar-refractivity contribution >= 4 is 34.9 Å². The molecule has 3 aromatic rings. The largest absolute Gasteiger partial charge is 0.479 e. The minimum absolute atomic E-state index is 0.0355. The van der Waals surface area contributed by atoms with E-state index in [1.165, 1.54) is 24.3 Å². The monoisotopic (exact) mass is 649 g/mol. The van der Waals surface area contributed by atoms with Gasteiger partial charge in [0.15, 0.2) is 6.10 Å². The molecule has 3 aromatic carbocycles. The van der Waals surface area contributed by atoms with Crippen molar-refractivity contribution < 1.29 is 50.9 Å². The lowest BCUT2D eigenvalue weighted by Gasteiger charge is -2.25. The van der Waals surface area contributed by atoms with Crippen molar-refractivity contribution in [3.05, 3.63) is 101 Å².